The fourth-order valence-electron chi connectivity index (χ4n) is 1.93. The monoisotopic (exact) mass is 214 g/mol. The largest absolute Gasteiger partial charge is 0.359 e. The molecule has 0 amide bonds. The third-order valence-electron chi connectivity index (χ3n) is 2.87. The summed E-state index contributed by atoms with van der Waals surface area (Å²) in [6, 6.07) is -1.04. The molecule has 6 nitrogen and oxygen atoms in total. The maximum Gasteiger partial charge on any atom is 0.224 e. The second kappa shape index (κ2) is 3.24. The Hall–Kier alpha value is -1.01. The van der Waals surface area contributed by atoms with Crippen molar-refractivity contribution < 1.29 is 14.5 Å². The third-order valence-corrected chi connectivity index (χ3v) is 2.87. The summed E-state index contributed by atoms with van der Waals surface area (Å²) in [5, 5.41) is 13.4. The van der Waals surface area contributed by atoms with Crippen LogP contribution in [-0.4, -0.2) is 35.1 Å². The highest BCUT2D eigenvalue weighted by atomic mass is 16.6. The SMILES string of the molecule is CC1(C)N[C@H](C(=O)C2CC2[N+](=O)[O-])CO1. The molecule has 1 saturated heterocycles. The van der Waals surface area contributed by atoms with Crippen molar-refractivity contribution in [3.05, 3.63) is 10.1 Å². The van der Waals surface area contributed by atoms with Gasteiger partial charge in [0.25, 0.3) is 0 Å². The van der Waals surface area contributed by atoms with Gasteiger partial charge in [-0.3, -0.25) is 20.2 Å². The van der Waals surface area contributed by atoms with Crippen molar-refractivity contribution in [2.75, 3.05) is 6.61 Å². The summed E-state index contributed by atoms with van der Waals surface area (Å²) in [6.07, 6.45) is 0.379. The summed E-state index contributed by atoms with van der Waals surface area (Å²) in [7, 11) is 0. The van der Waals surface area contributed by atoms with E-state index in [1.165, 1.54) is 0 Å². The van der Waals surface area contributed by atoms with Crippen LogP contribution in [0, 0.1) is 16.0 Å². The lowest BCUT2D eigenvalue weighted by Gasteiger charge is -2.17. The van der Waals surface area contributed by atoms with Crippen molar-refractivity contribution in [2.24, 2.45) is 5.92 Å². The first-order valence-electron chi connectivity index (χ1n) is 4.99. The predicted molar refractivity (Wildman–Crippen MR) is 50.9 cm³/mol. The number of Topliss-reactive ketones (excluding diaryl/α,β-unsaturated/α-hetero) is 1. The van der Waals surface area contributed by atoms with Crippen molar-refractivity contribution >= 4 is 5.78 Å². The van der Waals surface area contributed by atoms with Crippen LogP contribution in [0.5, 0.6) is 0 Å². The number of hydrogen-bond donors (Lipinski definition) is 1. The standard InChI is InChI=1S/C9H14N2O4/c1-9(2)10-6(4-15-9)8(12)5-3-7(5)11(13)14/h5-7,10H,3-4H2,1-2H3/t5?,6-,7?/m0/s1. The highest BCUT2D eigenvalue weighted by molar-refractivity contribution is 5.89. The van der Waals surface area contributed by atoms with Gasteiger partial charge < -0.3 is 4.74 Å². The molecule has 2 fully saturated rings. The maximum absolute atomic E-state index is 11.8. The highest BCUT2D eigenvalue weighted by Crippen LogP contribution is 2.35. The molecule has 2 unspecified atom stereocenters. The van der Waals surface area contributed by atoms with Crippen LogP contribution in [0.2, 0.25) is 0 Å². The Labute approximate surface area is 87.1 Å². The Balaban J connectivity index is 1.92. The van der Waals surface area contributed by atoms with E-state index in [1.54, 1.807) is 0 Å². The average molecular weight is 214 g/mol. The Kier molecular flexibility index (Phi) is 2.27. The number of nitro groups is 1. The van der Waals surface area contributed by atoms with Gasteiger partial charge in [-0.25, -0.2) is 0 Å². The van der Waals surface area contributed by atoms with E-state index in [1.807, 2.05) is 13.8 Å². The van der Waals surface area contributed by atoms with Crippen molar-refractivity contribution in [3.8, 4) is 0 Å². The Morgan fingerprint density at radius 2 is 2.27 bits per heavy atom. The lowest BCUT2D eigenvalue weighted by Crippen LogP contribution is -2.43. The van der Waals surface area contributed by atoms with E-state index in [9.17, 15) is 14.9 Å². The van der Waals surface area contributed by atoms with Gasteiger partial charge in [0.15, 0.2) is 5.78 Å². The minimum Gasteiger partial charge on any atom is -0.359 e. The summed E-state index contributed by atoms with van der Waals surface area (Å²) in [6.45, 7) is 3.98. The summed E-state index contributed by atoms with van der Waals surface area (Å²) in [5.74, 6) is -0.489. The quantitative estimate of drug-likeness (QED) is 0.526. The lowest BCUT2D eigenvalue weighted by atomic mass is 10.1. The number of nitrogens with zero attached hydrogens (tertiary/aromatic N) is 1. The van der Waals surface area contributed by atoms with Gasteiger partial charge in [0.1, 0.15) is 5.72 Å². The number of ketones is 1. The van der Waals surface area contributed by atoms with Gasteiger partial charge in [-0.2, -0.15) is 0 Å². The van der Waals surface area contributed by atoms with Gasteiger partial charge in [0, 0.05) is 11.3 Å². The molecule has 0 bridgehead atoms. The molecule has 6 heteroatoms. The van der Waals surface area contributed by atoms with Crippen LogP contribution in [0.3, 0.4) is 0 Å². The maximum atomic E-state index is 11.8. The molecule has 1 heterocycles. The number of hydrogen-bond acceptors (Lipinski definition) is 5. The van der Waals surface area contributed by atoms with Crippen LogP contribution in [-0.2, 0) is 9.53 Å². The van der Waals surface area contributed by atoms with Gasteiger partial charge >= 0.3 is 0 Å². The number of nitrogens with one attached hydrogen (secondary N) is 1. The molecule has 84 valence electrons. The molecule has 15 heavy (non-hydrogen) atoms. The first kappa shape index (κ1) is 10.5. The van der Waals surface area contributed by atoms with Crippen LogP contribution in [0.4, 0.5) is 0 Å². The molecule has 2 aliphatic rings. The lowest BCUT2D eigenvalue weighted by molar-refractivity contribution is -0.497. The molecular formula is C9H14N2O4. The van der Waals surface area contributed by atoms with E-state index in [0.29, 0.717) is 13.0 Å². The zero-order valence-electron chi connectivity index (χ0n) is 8.73. The molecule has 0 aromatic heterocycles. The molecule has 3 atom stereocenters. The highest BCUT2D eigenvalue weighted by Gasteiger charge is 2.55. The molecule has 0 aromatic rings. The van der Waals surface area contributed by atoms with Crippen LogP contribution < -0.4 is 5.32 Å². The zero-order chi connectivity index (χ0) is 11.2. The molecule has 0 spiro atoms. The van der Waals surface area contributed by atoms with Gasteiger partial charge in [-0.05, 0) is 13.8 Å². The van der Waals surface area contributed by atoms with Gasteiger partial charge in [-0.1, -0.05) is 0 Å². The smallest absolute Gasteiger partial charge is 0.224 e. The first-order valence-corrected chi connectivity index (χ1v) is 4.99. The Bertz CT molecular complexity index is 315. The normalized spacial score (nSPS) is 37.6. The van der Waals surface area contributed by atoms with Crippen LogP contribution in [0.1, 0.15) is 20.3 Å². The molecule has 1 N–H and O–H groups in total. The second-order valence-corrected chi connectivity index (χ2v) is 4.62. The van der Waals surface area contributed by atoms with E-state index >= 15 is 0 Å². The van der Waals surface area contributed by atoms with Crippen LogP contribution >= 0.6 is 0 Å². The molecule has 2 rings (SSSR count). The number of ether oxygens (including phenoxy) is 1. The summed E-state index contributed by atoms with van der Waals surface area (Å²) >= 11 is 0. The van der Waals surface area contributed by atoms with E-state index < -0.39 is 17.7 Å². The van der Waals surface area contributed by atoms with Crippen molar-refractivity contribution in [3.63, 3.8) is 0 Å². The summed E-state index contributed by atoms with van der Waals surface area (Å²) < 4.78 is 5.35. The molecule has 1 aliphatic heterocycles. The van der Waals surface area contributed by atoms with Crippen molar-refractivity contribution in [1.82, 2.24) is 5.32 Å². The molecular weight excluding hydrogens is 200 g/mol. The molecule has 0 aromatic carbocycles. The molecule has 0 radical (unpaired) electrons. The van der Waals surface area contributed by atoms with Crippen LogP contribution in [0.25, 0.3) is 0 Å². The Morgan fingerprint density at radius 3 is 2.67 bits per heavy atom. The minimum absolute atomic E-state index is 0.0812. The second-order valence-electron chi connectivity index (χ2n) is 4.62. The van der Waals surface area contributed by atoms with E-state index in [4.69, 9.17) is 4.74 Å². The first-order chi connectivity index (χ1) is 6.91. The number of carbonyl (C=O) groups is 1. The van der Waals surface area contributed by atoms with Gasteiger partial charge in [-0.15, -0.1) is 0 Å². The summed E-state index contributed by atoms with van der Waals surface area (Å²) in [5.41, 5.74) is -0.501. The third kappa shape index (κ3) is 2.00. The van der Waals surface area contributed by atoms with E-state index in [2.05, 4.69) is 5.32 Å². The molecule has 1 aliphatic carbocycles. The van der Waals surface area contributed by atoms with E-state index in [0.717, 1.165) is 0 Å². The fourth-order valence-corrected chi connectivity index (χ4v) is 1.93. The van der Waals surface area contributed by atoms with E-state index in [-0.39, 0.29) is 16.7 Å². The topological polar surface area (TPSA) is 81.5 Å². The zero-order valence-corrected chi connectivity index (χ0v) is 8.73. The minimum atomic E-state index is -0.664. The predicted octanol–water partition coefficient (Wildman–Crippen LogP) is -0.0548. The summed E-state index contributed by atoms with van der Waals surface area (Å²) in [4.78, 5) is 21.8. The van der Waals surface area contributed by atoms with Crippen molar-refractivity contribution in [2.45, 2.75) is 38.1 Å². The van der Waals surface area contributed by atoms with Gasteiger partial charge in [0.2, 0.25) is 6.04 Å². The number of rotatable bonds is 3. The van der Waals surface area contributed by atoms with Crippen LogP contribution in [0.15, 0.2) is 0 Å². The average Bonchev–Trinajstić information content (AvgIpc) is 2.84. The van der Waals surface area contributed by atoms with Gasteiger partial charge in [0.05, 0.1) is 18.6 Å². The number of carbonyl (C=O) groups excluding carboxylic acids is 1. The van der Waals surface area contributed by atoms with Crippen molar-refractivity contribution in [1.29, 1.82) is 0 Å². The Morgan fingerprint density at radius 1 is 1.60 bits per heavy atom. The molecule has 1 saturated carbocycles. The fraction of sp³-hybridized carbons (Fsp3) is 0.889.